The summed E-state index contributed by atoms with van der Waals surface area (Å²) in [6.45, 7) is 24.1. The Morgan fingerprint density at radius 1 is 0.706 bits per heavy atom. The highest BCUT2D eigenvalue weighted by Crippen LogP contribution is 2.52. The normalized spacial score (nSPS) is 14.8. The van der Waals surface area contributed by atoms with Gasteiger partial charge in [-0.15, -0.1) is 0 Å². The second-order valence-electron chi connectivity index (χ2n) is 8.11. The molecule has 0 unspecified atom stereocenters. The molecule has 0 saturated heterocycles. The Labute approximate surface area is 111 Å². The topological polar surface area (TPSA) is 0 Å². The first kappa shape index (κ1) is 17.0. The molecule has 0 atom stereocenters. The molecule has 0 radical (unpaired) electrons. The summed E-state index contributed by atoms with van der Waals surface area (Å²) in [5.74, 6) is 1.49. The van der Waals surface area contributed by atoms with Crippen LogP contribution in [0.1, 0.15) is 82.1 Å². The molecule has 0 N–H and O–H groups in total. The molecule has 0 spiro atoms. The SMILES string of the molecule is CCC(C)(C)C(C)(C)CC(C)(C(C)C)C(C)C. The van der Waals surface area contributed by atoms with Crippen LogP contribution in [0.3, 0.4) is 0 Å². The minimum absolute atomic E-state index is 0.394. The van der Waals surface area contributed by atoms with Crippen LogP contribution < -0.4 is 0 Å². The van der Waals surface area contributed by atoms with Crippen molar-refractivity contribution in [2.24, 2.45) is 28.1 Å². The van der Waals surface area contributed by atoms with Crippen LogP contribution in [-0.2, 0) is 0 Å². The largest absolute Gasteiger partial charge is 0.0649 e. The van der Waals surface area contributed by atoms with Gasteiger partial charge in [0.2, 0.25) is 0 Å². The van der Waals surface area contributed by atoms with Crippen LogP contribution in [-0.4, -0.2) is 0 Å². The molecule has 0 saturated carbocycles. The van der Waals surface area contributed by atoms with E-state index in [1.807, 2.05) is 0 Å². The van der Waals surface area contributed by atoms with Gasteiger partial charge in [-0.2, -0.15) is 0 Å². The Kier molecular flexibility index (Phi) is 5.33. The van der Waals surface area contributed by atoms with Crippen LogP contribution in [0.5, 0.6) is 0 Å². The van der Waals surface area contributed by atoms with Gasteiger partial charge < -0.3 is 0 Å². The van der Waals surface area contributed by atoms with Crippen LogP contribution in [0.4, 0.5) is 0 Å². The lowest BCUT2D eigenvalue weighted by Crippen LogP contribution is -2.41. The molecular formula is C17H36. The van der Waals surface area contributed by atoms with E-state index in [1.165, 1.54) is 12.8 Å². The van der Waals surface area contributed by atoms with Gasteiger partial charge in [-0.25, -0.2) is 0 Å². The molecule has 0 aliphatic carbocycles. The van der Waals surface area contributed by atoms with Gasteiger partial charge in [-0.1, -0.05) is 75.7 Å². The Morgan fingerprint density at radius 3 is 1.29 bits per heavy atom. The molecule has 0 heteroatoms. The quantitative estimate of drug-likeness (QED) is 0.522. The van der Waals surface area contributed by atoms with Crippen LogP contribution in [0.25, 0.3) is 0 Å². The standard InChI is InChI=1S/C17H36/c1-11-15(6,7)16(8,9)12-17(10,13(2)3)14(4)5/h13-14H,11-12H2,1-10H3. The number of hydrogen-bond donors (Lipinski definition) is 0. The average molecular weight is 240 g/mol. The molecule has 0 aromatic heterocycles. The Balaban J connectivity index is 5.15. The van der Waals surface area contributed by atoms with Gasteiger partial charge in [0.25, 0.3) is 0 Å². The van der Waals surface area contributed by atoms with Gasteiger partial charge in [0, 0.05) is 0 Å². The Bertz CT molecular complexity index is 222. The number of hydrogen-bond acceptors (Lipinski definition) is 0. The zero-order chi connectivity index (χ0) is 14.1. The van der Waals surface area contributed by atoms with E-state index in [-0.39, 0.29) is 0 Å². The molecule has 17 heavy (non-hydrogen) atoms. The molecule has 0 amide bonds. The molecule has 0 aromatic rings. The molecule has 0 rings (SSSR count). The van der Waals surface area contributed by atoms with Crippen LogP contribution in [0.2, 0.25) is 0 Å². The van der Waals surface area contributed by atoms with Gasteiger partial charge in [-0.3, -0.25) is 0 Å². The number of rotatable bonds is 6. The summed E-state index contributed by atoms with van der Waals surface area (Å²) >= 11 is 0. The minimum Gasteiger partial charge on any atom is -0.0649 e. The maximum absolute atomic E-state index is 2.48. The third-order valence-corrected chi connectivity index (χ3v) is 6.18. The van der Waals surface area contributed by atoms with Crippen LogP contribution >= 0.6 is 0 Å². The first-order valence-corrected chi connectivity index (χ1v) is 7.40. The van der Waals surface area contributed by atoms with Crippen molar-refractivity contribution in [3.63, 3.8) is 0 Å². The fraction of sp³-hybridized carbons (Fsp3) is 1.00. The van der Waals surface area contributed by atoms with Gasteiger partial charge in [-0.05, 0) is 34.5 Å². The van der Waals surface area contributed by atoms with E-state index in [1.54, 1.807) is 0 Å². The van der Waals surface area contributed by atoms with E-state index in [0.717, 1.165) is 11.8 Å². The van der Waals surface area contributed by atoms with E-state index in [9.17, 15) is 0 Å². The molecule has 0 heterocycles. The maximum atomic E-state index is 2.48. The zero-order valence-electron chi connectivity index (χ0n) is 14.1. The second kappa shape index (κ2) is 5.33. The van der Waals surface area contributed by atoms with Crippen molar-refractivity contribution in [1.82, 2.24) is 0 Å². The van der Waals surface area contributed by atoms with Crippen molar-refractivity contribution < 1.29 is 0 Å². The highest BCUT2D eigenvalue weighted by Gasteiger charge is 2.43. The fourth-order valence-corrected chi connectivity index (χ4v) is 2.74. The van der Waals surface area contributed by atoms with E-state index < -0.39 is 0 Å². The zero-order valence-corrected chi connectivity index (χ0v) is 14.1. The fourth-order valence-electron chi connectivity index (χ4n) is 2.74. The molecule has 0 nitrogen and oxygen atoms in total. The molecule has 104 valence electrons. The smallest absolute Gasteiger partial charge is 0.0274 e. The second-order valence-corrected chi connectivity index (χ2v) is 8.11. The maximum Gasteiger partial charge on any atom is -0.0274 e. The average Bonchev–Trinajstić information content (AvgIpc) is 2.15. The summed E-state index contributed by atoms with van der Waals surface area (Å²) in [6.07, 6.45) is 2.57. The first-order valence-electron chi connectivity index (χ1n) is 7.40. The lowest BCUT2D eigenvalue weighted by atomic mass is 9.55. The molecule has 0 bridgehead atoms. The van der Waals surface area contributed by atoms with Crippen molar-refractivity contribution in [2.75, 3.05) is 0 Å². The van der Waals surface area contributed by atoms with E-state index >= 15 is 0 Å². The third-order valence-electron chi connectivity index (χ3n) is 6.18. The first-order chi connectivity index (χ1) is 7.40. The molecule has 0 aliphatic heterocycles. The predicted octanol–water partition coefficient (Wildman–Crippen LogP) is 6.16. The summed E-state index contributed by atoms with van der Waals surface area (Å²) in [7, 11) is 0. The van der Waals surface area contributed by atoms with Gasteiger partial charge >= 0.3 is 0 Å². The van der Waals surface area contributed by atoms with Crippen molar-refractivity contribution in [1.29, 1.82) is 0 Å². The van der Waals surface area contributed by atoms with Crippen LogP contribution in [0, 0.1) is 28.1 Å². The van der Waals surface area contributed by atoms with Crippen molar-refractivity contribution in [3.8, 4) is 0 Å². The summed E-state index contributed by atoms with van der Waals surface area (Å²) in [6, 6.07) is 0. The van der Waals surface area contributed by atoms with Gasteiger partial charge in [0.15, 0.2) is 0 Å². The molecule has 0 aliphatic rings. The third kappa shape index (κ3) is 3.48. The lowest BCUT2D eigenvalue weighted by molar-refractivity contribution is -0.00208. The summed E-state index contributed by atoms with van der Waals surface area (Å²) < 4.78 is 0. The lowest BCUT2D eigenvalue weighted by Gasteiger charge is -2.50. The molecule has 0 aromatic carbocycles. The molecular weight excluding hydrogens is 204 g/mol. The highest BCUT2D eigenvalue weighted by atomic mass is 14.5. The van der Waals surface area contributed by atoms with Crippen molar-refractivity contribution in [2.45, 2.75) is 82.1 Å². The Morgan fingerprint density at radius 2 is 1.06 bits per heavy atom. The molecule has 0 fully saturated rings. The van der Waals surface area contributed by atoms with Crippen LogP contribution in [0.15, 0.2) is 0 Å². The van der Waals surface area contributed by atoms with E-state index in [0.29, 0.717) is 16.2 Å². The predicted molar refractivity (Wildman–Crippen MR) is 80.3 cm³/mol. The highest BCUT2D eigenvalue weighted by molar-refractivity contribution is 4.93. The summed E-state index contributed by atoms with van der Waals surface area (Å²) in [4.78, 5) is 0. The summed E-state index contributed by atoms with van der Waals surface area (Å²) in [5, 5.41) is 0. The van der Waals surface area contributed by atoms with Gasteiger partial charge in [0.05, 0.1) is 0 Å². The van der Waals surface area contributed by atoms with Crippen molar-refractivity contribution >= 4 is 0 Å². The van der Waals surface area contributed by atoms with E-state index in [2.05, 4.69) is 69.2 Å². The summed E-state index contributed by atoms with van der Waals surface area (Å²) in [5.41, 5.74) is 1.25. The van der Waals surface area contributed by atoms with E-state index in [4.69, 9.17) is 0 Å². The minimum atomic E-state index is 0.394. The monoisotopic (exact) mass is 240 g/mol. The van der Waals surface area contributed by atoms with Crippen molar-refractivity contribution in [3.05, 3.63) is 0 Å². The van der Waals surface area contributed by atoms with Gasteiger partial charge in [0.1, 0.15) is 0 Å². The Hall–Kier alpha value is 0.